The zero-order chi connectivity index (χ0) is 15.3. The number of nitrogens with one attached hydrogen (secondary N) is 1. The third kappa shape index (κ3) is 3.76. The maximum absolute atomic E-state index is 11.9. The first-order valence-corrected chi connectivity index (χ1v) is 7.72. The summed E-state index contributed by atoms with van der Waals surface area (Å²) in [5, 5.41) is 13.1. The molecule has 0 aromatic heterocycles. The van der Waals surface area contributed by atoms with Crippen molar-refractivity contribution in [3.8, 4) is 5.75 Å². The van der Waals surface area contributed by atoms with Gasteiger partial charge in [-0.2, -0.15) is 0 Å². The highest BCUT2D eigenvalue weighted by molar-refractivity contribution is 5.80. The molecular formula is C17H25NO3. The summed E-state index contributed by atoms with van der Waals surface area (Å²) in [6.45, 7) is 1.75. The number of hydrogen-bond acceptors (Lipinski definition) is 3. The Morgan fingerprint density at radius 1 is 1.29 bits per heavy atom. The van der Waals surface area contributed by atoms with Gasteiger partial charge in [0, 0.05) is 6.04 Å². The zero-order valence-electron chi connectivity index (χ0n) is 12.9. The van der Waals surface area contributed by atoms with Gasteiger partial charge in [0.2, 0.25) is 0 Å². The van der Waals surface area contributed by atoms with E-state index in [1.165, 1.54) is 25.7 Å². The standard InChI is InChI=1S/C17H25NO3/c1-17(16(19)20,13-8-7-11-15(12-13)21-2)18-14-9-5-3-4-6-10-14/h7-8,11-12,14,18H,3-6,9-10H2,1-2H3,(H,19,20). The van der Waals surface area contributed by atoms with E-state index in [4.69, 9.17) is 4.74 Å². The van der Waals surface area contributed by atoms with Crippen molar-refractivity contribution >= 4 is 5.97 Å². The van der Waals surface area contributed by atoms with Crippen LogP contribution in [0.1, 0.15) is 51.0 Å². The van der Waals surface area contributed by atoms with Crippen molar-refractivity contribution in [2.24, 2.45) is 0 Å². The Bertz CT molecular complexity index is 481. The predicted octanol–water partition coefficient (Wildman–Crippen LogP) is 3.31. The molecule has 0 spiro atoms. The van der Waals surface area contributed by atoms with Crippen LogP contribution in [0.4, 0.5) is 0 Å². The summed E-state index contributed by atoms with van der Waals surface area (Å²) >= 11 is 0. The van der Waals surface area contributed by atoms with E-state index in [1.807, 2.05) is 18.2 Å². The summed E-state index contributed by atoms with van der Waals surface area (Å²) in [7, 11) is 1.59. The molecule has 0 aliphatic heterocycles. The summed E-state index contributed by atoms with van der Waals surface area (Å²) in [5.74, 6) is -0.164. The van der Waals surface area contributed by atoms with Crippen LogP contribution in [0.2, 0.25) is 0 Å². The normalized spacial score (nSPS) is 19.5. The minimum absolute atomic E-state index is 0.264. The monoisotopic (exact) mass is 291 g/mol. The highest BCUT2D eigenvalue weighted by Crippen LogP contribution is 2.28. The predicted molar refractivity (Wildman–Crippen MR) is 82.6 cm³/mol. The van der Waals surface area contributed by atoms with Crippen molar-refractivity contribution in [1.29, 1.82) is 0 Å². The second-order valence-electron chi connectivity index (χ2n) is 5.99. The van der Waals surface area contributed by atoms with Crippen LogP contribution >= 0.6 is 0 Å². The molecule has 0 bridgehead atoms. The minimum Gasteiger partial charge on any atom is -0.497 e. The summed E-state index contributed by atoms with van der Waals surface area (Å²) in [4.78, 5) is 11.9. The summed E-state index contributed by atoms with van der Waals surface area (Å²) in [6, 6.07) is 7.58. The van der Waals surface area contributed by atoms with Crippen LogP contribution in [0.15, 0.2) is 24.3 Å². The Balaban J connectivity index is 2.24. The van der Waals surface area contributed by atoms with Gasteiger partial charge < -0.3 is 9.84 Å². The van der Waals surface area contributed by atoms with Gasteiger partial charge in [0.1, 0.15) is 11.3 Å². The van der Waals surface area contributed by atoms with Gasteiger partial charge in [-0.05, 0) is 37.5 Å². The fourth-order valence-corrected chi connectivity index (χ4v) is 3.03. The molecule has 1 aromatic rings. The number of benzene rings is 1. The lowest BCUT2D eigenvalue weighted by molar-refractivity contribution is -0.145. The molecule has 0 saturated heterocycles. The molecular weight excluding hydrogens is 266 g/mol. The van der Waals surface area contributed by atoms with Crippen LogP contribution in [-0.4, -0.2) is 24.2 Å². The number of hydrogen-bond donors (Lipinski definition) is 2. The molecule has 21 heavy (non-hydrogen) atoms. The van der Waals surface area contributed by atoms with Crippen LogP contribution in [0.25, 0.3) is 0 Å². The molecule has 1 saturated carbocycles. The molecule has 0 amide bonds. The topological polar surface area (TPSA) is 58.6 Å². The molecule has 1 unspecified atom stereocenters. The fraction of sp³-hybridized carbons (Fsp3) is 0.588. The highest BCUT2D eigenvalue weighted by Gasteiger charge is 2.37. The Hall–Kier alpha value is -1.55. The number of carbonyl (C=O) groups is 1. The van der Waals surface area contributed by atoms with Gasteiger partial charge in [-0.25, -0.2) is 4.79 Å². The summed E-state index contributed by atoms with van der Waals surface area (Å²) in [5.41, 5.74) is -0.345. The number of ether oxygens (including phenoxy) is 1. The number of methoxy groups -OCH3 is 1. The van der Waals surface area contributed by atoms with E-state index >= 15 is 0 Å². The summed E-state index contributed by atoms with van der Waals surface area (Å²) in [6.07, 6.45) is 6.94. The van der Waals surface area contributed by atoms with E-state index in [1.54, 1.807) is 20.1 Å². The highest BCUT2D eigenvalue weighted by atomic mass is 16.5. The van der Waals surface area contributed by atoms with E-state index in [9.17, 15) is 9.90 Å². The van der Waals surface area contributed by atoms with Gasteiger partial charge in [-0.1, -0.05) is 37.8 Å². The smallest absolute Gasteiger partial charge is 0.328 e. The van der Waals surface area contributed by atoms with Gasteiger partial charge in [0.25, 0.3) is 0 Å². The van der Waals surface area contributed by atoms with Crippen LogP contribution < -0.4 is 10.1 Å². The van der Waals surface area contributed by atoms with E-state index < -0.39 is 11.5 Å². The lowest BCUT2D eigenvalue weighted by Crippen LogP contribution is -2.51. The number of carboxylic acid groups (broad SMARTS) is 1. The van der Waals surface area contributed by atoms with E-state index in [-0.39, 0.29) is 6.04 Å². The quantitative estimate of drug-likeness (QED) is 0.817. The molecule has 2 N–H and O–H groups in total. The fourth-order valence-electron chi connectivity index (χ4n) is 3.03. The molecule has 116 valence electrons. The number of rotatable bonds is 5. The number of carboxylic acids is 1. The van der Waals surface area contributed by atoms with Crippen LogP contribution in [0.5, 0.6) is 5.75 Å². The van der Waals surface area contributed by atoms with Crippen molar-refractivity contribution in [3.63, 3.8) is 0 Å². The van der Waals surface area contributed by atoms with Gasteiger partial charge in [0.15, 0.2) is 0 Å². The second kappa shape index (κ2) is 6.94. The molecule has 1 aliphatic carbocycles. The maximum atomic E-state index is 11.9. The van der Waals surface area contributed by atoms with Crippen LogP contribution in [0.3, 0.4) is 0 Å². The molecule has 1 aliphatic rings. The Morgan fingerprint density at radius 3 is 2.52 bits per heavy atom. The lowest BCUT2D eigenvalue weighted by Gasteiger charge is -2.32. The van der Waals surface area contributed by atoms with Crippen molar-refractivity contribution in [2.75, 3.05) is 7.11 Å². The SMILES string of the molecule is COc1cccc(C(C)(NC2CCCCCC2)C(=O)O)c1. The van der Waals surface area contributed by atoms with Gasteiger partial charge in [-0.15, -0.1) is 0 Å². The molecule has 4 heteroatoms. The third-order valence-corrected chi connectivity index (χ3v) is 4.42. The Morgan fingerprint density at radius 2 is 1.95 bits per heavy atom. The molecule has 1 atom stereocenters. The Labute approximate surface area is 126 Å². The first-order valence-electron chi connectivity index (χ1n) is 7.72. The van der Waals surface area contributed by atoms with Gasteiger partial charge >= 0.3 is 5.97 Å². The van der Waals surface area contributed by atoms with Crippen molar-refractivity contribution in [3.05, 3.63) is 29.8 Å². The molecule has 1 aromatic carbocycles. The molecule has 0 radical (unpaired) electrons. The van der Waals surface area contributed by atoms with Crippen LogP contribution in [-0.2, 0) is 10.3 Å². The molecule has 1 fully saturated rings. The Kier molecular flexibility index (Phi) is 5.23. The second-order valence-corrected chi connectivity index (χ2v) is 5.99. The minimum atomic E-state index is -1.08. The largest absolute Gasteiger partial charge is 0.497 e. The van der Waals surface area contributed by atoms with E-state index in [2.05, 4.69) is 5.32 Å². The number of aliphatic carboxylic acids is 1. The average Bonchev–Trinajstić information content (AvgIpc) is 2.75. The van der Waals surface area contributed by atoms with Gasteiger partial charge in [0.05, 0.1) is 7.11 Å². The average molecular weight is 291 g/mol. The van der Waals surface area contributed by atoms with Crippen molar-refractivity contribution < 1.29 is 14.6 Å². The first kappa shape index (κ1) is 15.8. The zero-order valence-corrected chi connectivity index (χ0v) is 12.9. The van der Waals surface area contributed by atoms with Gasteiger partial charge in [-0.3, -0.25) is 5.32 Å². The van der Waals surface area contributed by atoms with Crippen LogP contribution in [0, 0.1) is 0 Å². The van der Waals surface area contributed by atoms with E-state index in [0.29, 0.717) is 5.75 Å². The van der Waals surface area contributed by atoms with Crippen molar-refractivity contribution in [2.45, 2.75) is 57.0 Å². The molecule has 0 heterocycles. The summed E-state index contributed by atoms with van der Waals surface area (Å²) < 4.78 is 5.22. The maximum Gasteiger partial charge on any atom is 0.328 e. The molecule has 2 rings (SSSR count). The first-order chi connectivity index (χ1) is 10.1. The van der Waals surface area contributed by atoms with Crippen molar-refractivity contribution in [1.82, 2.24) is 5.32 Å². The molecule has 4 nitrogen and oxygen atoms in total. The van der Waals surface area contributed by atoms with E-state index in [0.717, 1.165) is 18.4 Å². The third-order valence-electron chi connectivity index (χ3n) is 4.42. The lowest BCUT2D eigenvalue weighted by atomic mass is 9.90.